The van der Waals surface area contributed by atoms with Crippen molar-refractivity contribution in [3.63, 3.8) is 0 Å². The highest BCUT2D eigenvalue weighted by molar-refractivity contribution is 6.30. The van der Waals surface area contributed by atoms with Crippen molar-refractivity contribution in [3.8, 4) is 17.6 Å². The van der Waals surface area contributed by atoms with Gasteiger partial charge in [-0.05, 0) is 42.8 Å². The molecule has 3 aromatic rings. The van der Waals surface area contributed by atoms with E-state index in [2.05, 4.69) is 16.5 Å². The summed E-state index contributed by atoms with van der Waals surface area (Å²) in [5, 5.41) is 17.7. The Morgan fingerprint density at radius 3 is 2.67 bits per heavy atom. The zero-order valence-corrected chi connectivity index (χ0v) is 17.1. The molecule has 30 heavy (non-hydrogen) atoms. The first kappa shape index (κ1) is 19.6. The smallest absolute Gasteiger partial charge is 0.229 e. The lowest BCUT2D eigenvalue weighted by Gasteiger charge is -2.25. The Labute approximate surface area is 178 Å². The van der Waals surface area contributed by atoms with Gasteiger partial charge in [0.25, 0.3) is 0 Å². The van der Waals surface area contributed by atoms with Crippen molar-refractivity contribution in [1.82, 2.24) is 9.78 Å². The normalized spacial score (nSPS) is 15.2. The van der Waals surface area contributed by atoms with E-state index in [1.54, 1.807) is 28.9 Å². The third-order valence-electron chi connectivity index (χ3n) is 4.85. The van der Waals surface area contributed by atoms with Gasteiger partial charge in [0.15, 0.2) is 0 Å². The highest BCUT2D eigenvalue weighted by Gasteiger charge is 2.36. The van der Waals surface area contributed by atoms with Gasteiger partial charge >= 0.3 is 0 Å². The molecule has 0 saturated carbocycles. The van der Waals surface area contributed by atoms with Crippen LogP contribution in [0.2, 0.25) is 5.02 Å². The van der Waals surface area contributed by atoms with Gasteiger partial charge in [0.1, 0.15) is 11.6 Å². The van der Waals surface area contributed by atoms with Gasteiger partial charge in [0, 0.05) is 17.6 Å². The van der Waals surface area contributed by atoms with E-state index in [0.29, 0.717) is 27.9 Å². The maximum atomic E-state index is 11.3. The van der Waals surface area contributed by atoms with Crippen LogP contribution in [0.25, 0.3) is 5.69 Å². The number of ether oxygens (including phenoxy) is 1. The molecule has 0 spiro atoms. The Balaban J connectivity index is 1.86. The summed E-state index contributed by atoms with van der Waals surface area (Å²) in [4.78, 5) is 11.3. The fourth-order valence-corrected chi connectivity index (χ4v) is 3.78. The quantitative estimate of drug-likeness (QED) is 0.667. The zero-order chi connectivity index (χ0) is 21.4. The van der Waals surface area contributed by atoms with Crippen molar-refractivity contribution in [2.45, 2.75) is 19.8 Å². The van der Waals surface area contributed by atoms with Gasteiger partial charge in [-0.3, -0.25) is 4.79 Å². The van der Waals surface area contributed by atoms with Crippen molar-refractivity contribution < 1.29 is 9.53 Å². The number of aromatic nitrogens is 2. The van der Waals surface area contributed by atoms with E-state index in [1.807, 2.05) is 31.2 Å². The fourth-order valence-electron chi connectivity index (χ4n) is 3.59. The van der Waals surface area contributed by atoms with Crippen molar-refractivity contribution >= 4 is 23.2 Å². The topological polar surface area (TPSA) is 106 Å². The van der Waals surface area contributed by atoms with Gasteiger partial charge in [-0.1, -0.05) is 29.8 Å². The lowest BCUT2D eigenvalue weighted by Crippen LogP contribution is -2.22. The lowest BCUT2D eigenvalue weighted by atomic mass is 9.84. The zero-order valence-electron chi connectivity index (χ0n) is 16.3. The molecule has 4 rings (SSSR count). The molecule has 2 heterocycles. The Morgan fingerprint density at radius 2 is 2.03 bits per heavy atom. The molecule has 0 radical (unpaired) electrons. The summed E-state index contributed by atoms with van der Waals surface area (Å²) in [5.74, 6) is -0.124. The lowest BCUT2D eigenvalue weighted by molar-refractivity contribution is -0.114. The molecular weight excluding hydrogens is 402 g/mol. The summed E-state index contributed by atoms with van der Waals surface area (Å²) in [6.45, 7) is 3.31. The van der Waals surface area contributed by atoms with E-state index in [1.165, 1.54) is 6.92 Å². The predicted molar refractivity (Wildman–Crippen MR) is 113 cm³/mol. The van der Waals surface area contributed by atoms with Crippen LogP contribution in [0.4, 0.5) is 5.69 Å². The average molecular weight is 420 g/mol. The summed E-state index contributed by atoms with van der Waals surface area (Å²) in [5.41, 5.74) is 10.1. The number of nitriles is 1. The fraction of sp³-hybridized carbons (Fsp3) is 0.136. The van der Waals surface area contributed by atoms with Crippen molar-refractivity contribution in [2.75, 3.05) is 5.32 Å². The number of halogens is 1. The predicted octanol–water partition coefficient (Wildman–Crippen LogP) is 4.01. The van der Waals surface area contributed by atoms with Crippen LogP contribution in [0, 0.1) is 18.3 Å². The van der Waals surface area contributed by atoms with Crippen LogP contribution >= 0.6 is 11.6 Å². The maximum Gasteiger partial charge on any atom is 0.229 e. The van der Waals surface area contributed by atoms with E-state index < -0.39 is 5.92 Å². The molecule has 0 saturated heterocycles. The molecule has 1 unspecified atom stereocenters. The number of anilines is 1. The molecule has 0 bridgehead atoms. The summed E-state index contributed by atoms with van der Waals surface area (Å²) in [7, 11) is 0. The number of carbonyl (C=O) groups excluding carboxylic acids is 1. The monoisotopic (exact) mass is 419 g/mol. The molecular formula is C22H18ClN5O2. The van der Waals surface area contributed by atoms with E-state index in [4.69, 9.17) is 22.1 Å². The second-order valence-electron chi connectivity index (χ2n) is 6.92. The Hall–Kier alpha value is -3.76. The number of rotatable bonds is 3. The van der Waals surface area contributed by atoms with Crippen LogP contribution in [-0.4, -0.2) is 15.7 Å². The van der Waals surface area contributed by atoms with Gasteiger partial charge < -0.3 is 15.8 Å². The number of allylic oxidation sites excluding steroid dienone is 1. The number of hydrogen-bond donors (Lipinski definition) is 2. The van der Waals surface area contributed by atoms with Crippen molar-refractivity contribution in [3.05, 3.63) is 81.8 Å². The van der Waals surface area contributed by atoms with Gasteiger partial charge in [0.05, 0.1) is 22.9 Å². The van der Waals surface area contributed by atoms with Gasteiger partial charge in [-0.2, -0.15) is 10.4 Å². The second kappa shape index (κ2) is 7.58. The number of nitrogens with zero attached hydrogens (tertiary/aromatic N) is 3. The summed E-state index contributed by atoms with van der Waals surface area (Å²) < 4.78 is 7.48. The third kappa shape index (κ3) is 3.38. The van der Waals surface area contributed by atoms with Crippen LogP contribution in [0.1, 0.15) is 29.7 Å². The molecule has 1 atom stereocenters. The van der Waals surface area contributed by atoms with Gasteiger partial charge in [-0.15, -0.1) is 0 Å². The SMILES string of the molecule is CC(=O)Nc1ccc(C2C(C#N)=C(N)Oc3c2c(C)nn3-c2cccc(Cl)c2)cc1. The van der Waals surface area contributed by atoms with E-state index in [-0.39, 0.29) is 11.8 Å². The van der Waals surface area contributed by atoms with E-state index in [9.17, 15) is 10.1 Å². The van der Waals surface area contributed by atoms with E-state index >= 15 is 0 Å². The van der Waals surface area contributed by atoms with Crippen LogP contribution < -0.4 is 15.8 Å². The summed E-state index contributed by atoms with van der Waals surface area (Å²) >= 11 is 6.15. The Bertz CT molecular complexity index is 1220. The molecule has 2 aromatic carbocycles. The largest absolute Gasteiger partial charge is 0.422 e. The Morgan fingerprint density at radius 1 is 1.30 bits per heavy atom. The standard InChI is InChI=1S/C22H18ClN5O2/c1-12-19-20(14-6-8-16(9-7-14)26-13(2)29)18(11-24)21(25)30-22(19)28(27-12)17-5-3-4-15(23)10-17/h3-10,20H,25H2,1-2H3,(H,26,29). The number of hydrogen-bond acceptors (Lipinski definition) is 5. The molecule has 150 valence electrons. The molecule has 8 heteroatoms. The van der Waals surface area contributed by atoms with Gasteiger partial charge in [0.2, 0.25) is 17.7 Å². The van der Waals surface area contributed by atoms with Crippen molar-refractivity contribution in [2.24, 2.45) is 5.73 Å². The summed E-state index contributed by atoms with van der Waals surface area (Å²) in [6.07, 6.45) is 0. The number of fused-ring (bicyclic) bond motifs is 1. The van der Waals surface area contributed by atoms with Gasteiger partial charge in [-0.25, -0.2) is 4.68 Å². The molecule has 7 nitrogen and oxygen atoms in total. The van der Waals surface area contributed by atoms with Crippen LogP contribution in [0.3, 0.4) is 0 Å². The minimum absolute atomic E-state index is 0.0316. The first-order chi connectivity index (χ1) is 14.4. The number of amides is 1. The maximum absolute atomic E-state index is 11.3. The molecule has 1 aromatic heterocycles. The third-order valence-corrected chi connectivity index (χ3v) is 5.08. The molecule has 3 N–H and O–H groups in total. The summed E-state index contributed by atoms with van der Waals surface area (Å²) in [6, 6.07) is 16.7. The number of benzene rings is 2. The van der Waals surface area contributed by atoms with Crippen LogP contribution in [0.15, 0.2) is 60.0 Å². The van der Waals surface area contributed by atoms with E-state index in [0.717, 1.165) is 16.8 Å². The molecule has 1 amide bonds. The first-order valence-electron chi connectivity index (χ1n) is 9.19. The Kier molecular flexibility index (Phi) is 4.94. The number of aryl methyl sites for hydroxylation is 1. The number of carbonyl (C=O) groups is 1. The molecule has 1 aliphatic rings. The number of nitrogens with one attached hydrogen (secondary N) is 1. The second-order valence-corrected chi connectivity index (χ2v) is 7.36. The van der Waals surface area contributed by atoms with Crippen molar-refractivity contribution in [1.29, 1.82) is 5.26 Å². The minimum Gasteiger partial charge on any atom is -0.422 e. The molecule has 0 aliphatic carbocycles. The molecule has 0 fully saturated rings. The molecule has 1 aliphatic heterocycles. The highest BCUT2D eigenvalue weighted by Crippen LogP contribution is 2.44. The van der Waals surface area contributed by atoms with Crippen LogP contribution in [-0.2, 0) is 4.79 Å². The van der Waals surface area contributed by atoms with Crippen LogP contribution in [0.5, 0.6) is 5.88 Å². The minimum atomic E-state index is -0.446. The number of nitrogens with two attached hydrogens (primary N) is 1. The average Bonchev–Trinajstić information content (AvgIpc) is 3.03. The first-order valence-corrected chi connectivity index (χ1v) is 9.57. The highest BCUT2D eigenvalue weighted by atomic mass is 35.5.